The summed E-state index contributed by atoms with van der Waals surface area (Å²) in [6.07, 6.45) is 0.302. The highest BCUT2D eigenvalue weighted by atomic mass is 127. The van der Waals surface area contributed by atoms with Gasteiger partial charge in [0.15, 0.2) is 17.5 Å². The first kappa shape index (κ1) is 23.1. The molecular formula is C20H24ClIN4O3. The second kappa shape index (κ2) is 11.1. The number of halogens is 2. The largest absolute Gasteiger partial charge is 0.454 e. The Morgan fingerprint density at radius 2 is 1.97 bits per heavy atom. The molecule has 0 bridgehead atoms. The zero-order valence-electron chi connectivity index (χ0n) is 16.3. The fourth-order valence-electron chi connectivity index (χ4n) is 2.71. The molecule has 2 aromatic rings. The number of rotatable bonds is 6. The van der Waals surface area contributed by atoms with Crippen molar-refractivity contribution < 1.29 is 14.3 Å². The van der Waals surface area contributed by atoms with Crippen LogP contribution in [0.5, 0.6) is 11.5 Å². The smallest absolute Gasteiger partial charge is 0.231 e. The van der Waals surface area contributed by atoms with E-state index in [0.29, 0.717) is 30.5 Å². The summed E-state index contributed by atoms with van der Waals surface area (Å²) in [5, 5.41) is 9.84. The Balaban J connectivity index is 0.00000300. The number of benzene rings is 2. The summed E-state index contributed by atoms with van der Waals surface area (Å²) in [5.41, 5.74) is 2.62. The fraction of sp³-hybridized carbons (Fsp3) is 0.300. The van der Waals surface area contributed by atoms with Gasteiger partial charge in [0.05, 0.1) is 0 Å². The second-order valence-electron chi connectivity index (χ2n) is 6.25. The van der Waals surface area contributed by atoms with Gasteiger partial charge in [-0.2, -0.15) is 0 Å². The molecule has 1 aliphatic heterocycles. The molecular weight excluding hydrogens is 507 g/mol. The Morgan fingerprint density at radius 1 is 1.17 bits per heavy atom. The van der Waals surface area contributed by atoms with E-state index in [1.807, 2.05) is 37.3 Å². The quantitative estimate of drug-likeness (QED) is 0.301. The lowest BCUT2D eigenvalue weighted by atomic mass is 10.2. The molecule has 0 saturated heterocycles. The minimum absolute atomic E-state index is 0. The normalized spacial score (nSPS) is 12.2. The molecule has 3 N–H and O–H groups in total. The molecule has 0 aromatic heterocycles. The van der Waals surface area contributed by atoms with Gasteiger partial charge in [-0.3, -0.25) is 9.79 Å². The van der Waals surface area contributed by atoms with Crippen molar-refractivity contribution in [2.24, 2.45) is 4.99 Å². The molecule has 7 nitrogen and oxygen atoms in total. The van der Waals surface area contributed by atoms with E-state index in [2.05, 4.69) is 20.9 Å². The van der Waals surface area contributed by atoms with Crippen molar-refractivity contribution in [3.05, 3.63) is 52.5 Å². The van der Waals surface area contributed by atoms with E-state index in [9.17, 15) is 4.79 Å². The van der Waals surface area contributed by atoms with Crippen molar-refractivity contribution in [2.75, 3.05) is 25.7 Å². The zero-order chi connectivity index (χ0) is 19.9. The monoisotopic (exact) mass is 530 g/mol. The first-order valence-electron chi connectivity index (χ1n) is 8.95. The number of nitrogens with one attached hydrogen (secondary N) is 3. The van der Waals surface area contributed by atoms with Crippen LogP contribution in [0.4, 0.5) is 5.69 Å². The standard InChI is InChI=1S/C20H23ClN4O3.HI/c1-13-15(21)4-3-5-16(13)25-19(26)8-9-23-20(22-2)24-11-14-6-7-17-18(10-14)28-12-27-17;/h3-7,10H,8-9,11-12H2,1-2H3,(H,25,26)(H2,22,23,24);1H. The highest BCUT2D eigenvalue weighted by molar-refractivity contribution is 14.0. The second-order valence-corrected chi connectivity index (χ2v) is 6.66. The maximum absolute atomic E-state index is 12.2. The van der Waals surface area contributed by atoms with Crippen LogP contribution >= 0.6 is 35.6 Å². The van der Waals surface area contributed by atoms with Crippen molar-refractivity contribution in [3.63, 3.8) is 0 Å². The van der Waals surface area contributed by atoms with Crippen LogP contribution in [0.25, 0.3) is 0 Å². The molecule has 1 amide bonds. The average molecular weight is 531 g/mol. The zero-order valence-corrected chi connectivity index (χ0v) is 19.3. The van der Waals surface area contributed by atoms with Gasteiger partial charge in [0, 0.05) is 37.3 Å². The number of guanidine groups is 1. The molecule has 156 valence electrons. The maximum atomic E-state index is 12.2. The highest BCUT2D eigenvalue weighted by Crippen LogP contribution is 2.32. The van der Waals surface area contributed by atoms with Crippen LogP contribution in [-0.2, 0) is 11.3 Å². The Labute approximate surface area is 192 Å². The molecule has 0 unspecified atom stereocenters. The van der Waals surface area contributed by atoms with E-state index in [1.165, 1.54) is 0 Å². The number of hydrogen-bond donors (Lipinski definition) is 3. The van der Waals surface area contributed by atoms with Crippen molar-refractivity contribution >= 4 is 53.1 Å². The van der Waals surface area contributed by atoms with E-state index in [4.69, 9.17) is 21.1 Å². The summed E-state index contributed by atoms with van der Waals surface area (Å²) in [7, 11) is 1.68. The molecule has 0 radical (unpaired) electrons. The van der Waals surface area contributed by atoms with Crippen LogP contribution in [0.3, 0.4) is 0 Å². The topological polar surface area (TPSA) is 84.0 Å². The molecule has 29 heavy (non-hydrogen) atoms. The van der Waals surface area contributed by atoms with Crippen LogP contribution < -0.4 is 25.4 Å². The molecule has 2 aromatic carbocycles. The number of anilines is 1. The number of amides is 1. The van der Waals surface area contributed by atoms with Gasteiger partial charge in [-0.1, -0.05) is 23.7 Å². The number of aliphatic imine (C=N–C) groups is 1. The van der Waals surface area contributed by atoms with E-state index in [0.717, 1.165) is 28.3 Å². The number of carbonyl (C=O) groups excluding carboxylic acids is 1. The molecule has 0 saturated carbocycles. The van der Waals surface area contributed by atoms with Crippen LogP contribution in [0, 0.1) is 6.92 Å². The minimum Gasteiger partial charge on any atom is -0.454 e. The third-order valence-electron chi connectivity index (χ3n) is 4.31. The van der Waals surface area contributed by atoms with E-state index >= 15 is 0 Å². The van der Waals surface area contributed by atoms with Crippen molar-refractivity contribution in [1.82, 2.24) is 10.6 Å². The fourth-order valence-corrected chi connectivity index (χ4v) is 2.88. The minimum atomic E-state index is -0.0934. The van der Waals surface area contributed by atoms with Crippen LogP contribution in [0.2, 0.25) is 5.02 Å². The van der Waals surface area contributed by atoms with E-state index in [1.54, 1.807) is 13.1 Å². The van der Waals surface area contributed by atoms with Crippen LogP contribution in [0.1, 0.15) is 17.5 Å². The molecule has 0 fully saturated rings. The summed E-state index contributed by atoms with van der Waals surface area (Å²) in [6, 6.07) is 11.2. The van der Waals surface area contributed by atoms with Crippen LogP contribution in [-0.4, -0.2) is 32.3 Å². The van der Waals surface area contributed by atoms with Gasteiger partial charge in [-0.05, 0) is 42.3 Å². The number of ether oxygens (including phenoxy) is 2. The molecule has 3 rings (SSSR count). The summed E-state index contributed by atoms with van der Waals surface area (Å²) >= 11 is 6.08. The van der Waals surface area contributed by atoms with Gasteiger partial charge in [-0.15, -0.1) is 24.0 Å². The first-order valence-corrected chi connectivity index (χ1v) is 9.32. The molecule has 1 aliphatic rings. The van der Waals surface area contributed by atoms with Crippen molar-refractivity contribution in [3.8, 4) is 11.5 Å². The Bertz CT molecular complexity index is 892. The number of nitrogens with zero attached hydrogens (tertiary/aromatic N) is 1. The third-order valence-corrected chi connectivity index (χ3v) is 4.72. The molecule has 1 heterocycles. The van der Waals surface area contributed by atoms with Gasteiger partial charge in [0.2, 0.25) is 12.7 Å². The van der Waals surface area contributed by atoms with Gasteiger partial charge >= 0.3 is 0 Å². The first-order chi connectivity index (χ1) is 13.6. The number of carbonyl (C=O) groups is 1. The summed E-state index contributed by atoms with van der Waals surface area (Å²) in [6.45, 7) is 3.15. The Morgan fingerprint density at radius 3 is 2.76 bits per heavy atom. The summed E-state index contributed by atoms with van der Waals surface area (Å²) < 4.78 is 10.7. The predicted molar refractivity (Wildman–Crippen MR) is 126 cm³/mol. The molecule has 0 atom stereocenters. The molecule has 0 spiro atoms. The number of fused-ring (bicyclic) bond motifs is 1. The maximum Gasteiger partial charge on any atom is 0.231 e. The predicted octanol–water partition coefficient (Wildman–Crippen LogP) is 3.69. The van der Waals surface area contributed by atoms with E-state index in [-0.39, 0.29) is 36.7 Å². The molecule has 0 aliphatic carbocycles. The third kappa shape index (κ3) is 6.40. The van der Waals surface area contributed by atoms with Gasteiger partial charge in [-0.25, -0.2) is 0 Å². The highest BCUT2D eigenvalue weighted by Gasteiger charge is 2.13. The van der Waals surface area contributed by atoms with Gasteiger partial charge < -0.3 is 25.4 Å². The summed E-state index contributed by atoms with van der Waals surface area (Å²) in [5.74, 6) is 2.02. The Kier molecular flexibility index (Phi) is 8.84. The Hall–Kier alpha value is -2.20. The van der Waals surface area contributed by atoms with Crippen LogP contribution in [0.15, 0.2) is 41.4 Å². The van der Waals surface area contributed by atoms with Crippen molar-refractivity contribution in [1.29, 1.82) is 0 Å². The number of hydrogen-bond acceptors (Lipinski definition) is 4. The van der Waals surface area contributed by atoms with Crippen molar-refractivity contribution in [2.45, 2.75) is 19.9 Å². The SMILES string of the molecule is CN=C(NCCC(=O)Nc1cccc(Cl)c1C)NCc1ccc2c(c1)OCO2.I. The lowest BCUT2D eigenvalue weighted by Gasteiger charge is -2.13. The average Bonchev–Trinajstić information content (AvgIpc) is 3.16. The summed E-state index contributed by atoms with van der Waals surface area (Å²) in [4.78, 5) is 16.3. The lowest BCUT2D eigenvalue weighted by molar-refractivity contribution is -0.116. The van der Waals surface area contributed by atoms with Gasteiger partial charge in [0.25, 0.3) is 0 Å². The molecule has 9 heteroatoms. The lowest BCUT2D eigenvalue weighted by Crippen LogP contribution is -2.38. The van der Waals surface area contributed by atoms with Gasteiger partial charge in [0.1, 0.15) is 0 Å². The van der Waals surface area contributed by atoms with E-state index < -0.39 is 0 Å².